The second-order valence-corrected chi connectivity index (χ2v) is 7.76. The lowest BCUT2D eigenvalue weighted by Gasteiger charge is -2.25. The molecule has 8 heteroatoms. The molecule has 2 fully saturated rings. The highest BCUT2D eigenvalue weighted by molar-refractivity contribution is 5.92. The highest BCUT2D eigenvalue weighted by atomic mass is 16.5. The number of nitrogens with one attached hydrogen (secondary N) is 1. The van der Waals surface area contributed by atoms with Crippen LogP contribution < -0.4 is 5.32 Å². The van der Waals surface area contributed by atoms with Crippen LogP contribution in [0.4, 0.5) is 0 Å². The molecule has 0 bridgehead atoms. The van der Waals surface area contributed by atoms with Crippen molar-refractivity contribution in [1.82, 2.24) is 19.8 Å². The molecule has 1 N–H and O–H groups in total. The van der Waals surface area contributed by atoms with Crippen molar-refractivity contribution >= 4 is 11.8 Å². The molecule has 3 heterocycles. The van der Waals surface area contributed by atoms with Gasteiger partial charge in [0, 0.05) is 37.5 Å². The number of carbonyl (C=O) groups is 2. The Hall–Kier alpha value is -2.61. The number of hydrogen-bond donors (Lipinski definition) is 1. The summed E-state index contributed by atoms with van der Waals surface area (Å²) in [7, 11) is 0. The number of aromatic nitrogens is 2. The standard InChI is InChI=1S/C21H28N4O4/c1-2-20(26)25(12-17-6-4-10-28-17)11-16-5-3-9-24(16)13-19-23-18(14-29-19)21(27)22-15-7-8-15/h3,5,9,14-15,17H,2,4,6-8,10-13H2,1H3,(H,22,27). The molecule has 2 aromatic rings. The predicted molar refractivity (Wildman–Crippen MR) is 105 cm³/mol. The molecule has 4 rings (SSSR count). The van der Waals surface area contributed by atoms with Gasteiger partial charge in [0.25, 0.3) is 5.91 Å². The summed E-state index contributed by atoms with van der Waals surface area (Å²) in [6.45, 7) is 4.19. The van der Waals surface area contributed by atoms with Crippen molar-refractivity contribution < 1.29 is 18.7 Å². The first-order chi connectivity index (χ1) is 14.1. The molecule has 8 nitrogen and oxygen atoms in total. The summed E-state index contributed by atoms with van der Waals surface area (Å²) in [5.74, 6) is 0.394. The fourth-order valence-electron chi connectivity index (χ4n) is 3.58. The highest BCUT2D eigenvalue weighted by Crippen LogP contribution is 2.20. The zero-order valence-corrected chi connectivity index (χ0v) is 16.8. The summed E-state index contributed by atoms with van der Waals surface area (Å²) in [5.41, 5.74) is 1.30. The number of hydrogen-bond acceptors (Lipinski definition) is 5. The van der Waals surface area contributed by atoms with Crippen molar-refractivity contribution in [1.29, 1.82) is 0 Å². The minimum absolute atomic E-state index is 0.114. The van der Waals surface area contributed by atoms with Crippen LogP contribution in [0.3, 0.4) is 0 Å². The second-order valence-electron chi connectivity index (χ2n) is 7.76. The van der Waals surface area contributed by atoms with Crippen LogP contribution in [0.2, 0.25) is 0 Å². The van der Waals surface area contributed by atoms with Crippen LogP contribution in [-0.4, -0.2) is 51.6 Å². The van der Waals surface area contributed by atoms with Gasteiger partial charge in [-0.1, -0.05) is 6.92 Å². The maximum atomic E-state index is 12.5. The van der Waals surface area contributed by atoms with E-state index in [9.17, 15) is 9.59 Å². The molecule has 1 atom stereocenters. The van der Waals surface area contributed by atoms with Crippen molar-refractivity contribution in [2.24, 2.45) is 0 Å². The van der Waals surface area contributed by atoms with E-state index >= 15 is 0 Å². The SMILES string of the molecule is CCC(=O)N(Cc1cccn1Cc1nc(C(=O)NC2CC2)co1)CC1CCCO1. The van der Waals surface area contributed by atoms with Crippen molar-refractivity contribution in [2.45, 2.75) is 64.3 Å². The van der Waals surface area contributed by atoms with E-state index in [-0.39, 0.29) is 24.0 Å². The molecule has 29 heavy (non-hydrogen) atoms. The minimum Gasteiger partial charge on any atom is -0.446 e. The average molecular weight is 400 g/mol. The molecule has 156 valence electrons. The summed E-state index contributed by atoms with van der Waals surface area (Å²) in [6, 6.07) is 4.22. The summed E-state index contributed by atoms with van der Waals surface area (Å²) in [6.07, 6.45) is 8.03. The van der Waals surface area contributed by atoms with Crippen molar-refractivity contribution in [3.63, 3.8) is 0 Å². The van der Waals surface area contributed by atoms with Crippen LogP contribution >= 0.6 is 0 Å². The summed E-state index contributed by atoms with van der Waals surface area (Å²) < 4.78 is 13.2. The Balaban J connectivity index is 1.41. The van der Waals surface area contributed by atoms with E-state index in [0.29, 0.717) is 37.6 Å². The monoisotopic (exact) mass is 400 g/mol. The lowest BCUT2D eigenvalue weighted by Crippen LogP contribution is -2.37. The van der Waals surface area contributed by atoms with Crippen LogP contribution in [0.1, 0.15) is 61.1 Å². The summed E-state index contributed by atoms with van der Waals surface area (Å²) >= 11 is 0. The molecule has 2 amide bonds. The van der Waals surface area contributed by atoms with Crippen LogP contribution in [0.15, 0.2) is 29.0 Å². The van der Waals surface area contributed by atoms with Gasteiger partial charge in [0.15, 0.2) is 5.69 Å². The fraction of sp³-hybridized carbons (Fsp3) is 0.571. The number of ether oxygens (including phenoxy) is 1. The molecule has 2 aliphatic rings. The van der Waals surface area contributed by atoms with Crippen LogP contribution in [0.25, 0.3) is 0 Å². The van der Waals surface area contributed by atoms with Gasteiger partial charge in [-0.05, 0) is 37.8 Å². The molecule has 0 radical (unpaired) electrons. The first-order valence-corrected chi connectivity index (χ1v) is 10.4. The number of nitrogens with zero attached hydrogens (tertiary/aromatic N) is 3. The first-order valence-electron chi connectivity index (χ1n) is 10.4. The summed E-state index contributed by atoms with van der Waals surface area (Å²) in [4.78, 5) is 30.7. The number of carbonyl (C=O) groups excluding carboxylic acids is 2. The smallest absolute Gasteiger partial charge is 0.273 e. The Kier molecular flexibility index (Phi) is 5.99. The van der Waals surface area contributed by atoms with E-state index in [1.165, 1.54) is 6.26 Å². The molecule has 0 aromatic carbocycles. The Morgan fingerprint density at radius 2 is 2.21 bits per heavy atom. The average Bonchev–Trinajstić information content (AvgIpc) is 3.11. The molecule has 1 saturated carbocycles. The van der Waals surface area contributed by atoms with Gasteiger partial charge in [0.05, 0.1) is 19.2 Å². The summed E-state index contributed by atoms with van der Waals surface area (Å²) in [5, 5.41) is 2.91. The second kappa shape index (κ2) is 8.82. The first kappa shape index (κ1) is 19.7. The Bertz CT molecular complexity index is 848. The number of oxazole rings is 1. The predicted octanol–water partition coefficient (Wildman–Crippen LogP) is 2.33. The van der Waals surface area contributed by atoms with E-state index in [1.807, 2.05) is 34.7 Å². The van der Waals surface area contributed by atoms with E-state index in [4.69, 9.17) is 9.15 Å². The molecular formula is C21H28N4O4. The normalized spacial score (nSPS) is 18.7. The van der Waals surface area contributed by atoms with Crippen LogP contribution in [0.5, 0.6) is 0 Å². The third-order valence-electron chi connectivity index (χ3n) is 5.38. The Morgan fingerprint density at radius 1 is 1.34 bits per heavy atom. The molecule has 0 spiro atoms. The van der Waals surface area contributed by atoms with Crippen molar-refractivity contribution in [3.8, 4) is 0 Å². The Morgan fingerprint density at radius 3 is 2.93 bits per heavy atom. The van der Waals surface area contributed by atoms with Gasteiger partial charge in [-0.2, -0.15) is 0 Å². The molecule has 1 aliphatic carbocycles. The van der Waals surface area contributed by atoms with E-state index in [2.05, 4.69) is 10.3 Å². The maximum Gasteiger partial charge on any atom is 0.273 e. The lowest BCUT2D eigenvalue weighted by molar-refractivity contribution is -0.133. The molecule has 1 unspecified atom stereocenters. The van der Waals surface area contributed by atoms with E-state index in [0.717, 1.165) is 38.0 Å². The topological polar surface area (TPSA) is 89.6 Å². The zero-order chi connectivity index (χ0) is 20.2. The fourth-order valence-corrected chi connectivity index (χ4v) is 3.58. The zero-order valence-electron chi connectivity index (χ0n) is 16.8. The third kappa shape index (κ3) is 5.06. The van der Waals surface area contributed by atoms with Gasteiger partial charge in [-0.15, -0.1) is 0 Å². The van der Waals surface area contributed by atoms with Crippen molar-refractivity contribution in [2.75, 3.05) is 13.2 Å². The van der Waals surface area contributed by atoms with Gasteiger partial charge in [-0.3, -0.25) is 9.59 Å². The number of rotatable bonds is 9. The quantitative estimate of drug-likeness (QED) is 0.698. The van der Waals surface area contributed by atoms with E-state index in [1.54, 1.807) is 0 Å². The van der Waals surface area contributed by atoms with Crippen molar-refractivity contribution in [3.05, 3.63) is 41.9 Å². The van der Waals surface area contributed by atoms with Crippen LogP contribution in [-0.2, 0) is 22.6 Å². The lowest BCUT2D eigenvalue weighted by atomic mass is 10.2. The Labute approximate surface area is 170 Å². The van der Waals surface area contributed by atoms with Gasteiger partial charge < -0.3 is 23.9 Å². The van der Waals surface area contributed by atoms with Gasteiger partial charge in [-0.25, -0.2) is 4.98 Å². The highest BCUT2D eigenvalue weighted by Gasteiger charge is 2.26. The largest absolute Gasteiger partial charge is 0.446 e. The molecular weight excluding hydrogens is 372 g/mol. The van der Waals surface area contributed by atoms with Crippen LogP contribution in [0, 0.1) is 0 Å². The maximum absolute atomic E-state index is 12.5. The van der Waals surface area contributed by atoms with Gasteiger partial charge >= 0.3 is 0 Å². The van der Waals surface area contributed by atoms with Gasteiger partial charge in [0.1, 0.15) is 6.26 Å². The van der Waals surface area contributed by atoms with E-state index < -0.39 is 0 Å². The number of amides is 2. The molecule has 1 aliphatic heterocycles. The molecule has 2 aromatic heterocycles. The molecule has 1 saturated heterocycles. The minimum atomic E-state index is -0.188. The van der Waals surface area contributed by atoms with Gasteiger partial charge in [0.2, 0.25) is 11.8 Å². The third-order valence-corrected chi connectivity index (χ3v) is 5.38.